The van der Waals surface area contributed by atoms with Gasteiger partial charge in [-0.2, -0.15) is 0 Å². The average molecular weight is 377 g/mol. The van der Waals surface area contributed by atoms with Crippen molar-refractivity contribution < 1.29 is 14.3 Å². The maximum atomic E-state index is 12.5. The van der Waals surface area contributed by atoms with Crippen molar-refractivity contribution in [3.05, 3.63) is 71.3 Å². The van der Waals surface area contributed by atoms with Crippen molar-refractivity contribution in [3.8, 4) is 11.5 Å². The second-order valence-corrected chi connectivity index (χ2v) is 6.30. The predicted molar refractivity (Wildman–Crippen MR) is 102 cm³/mol. The van der Waals surface area contributed by atoms with Gasteiger partial charge in [0.1, 0.15) is 5.69 Å². The Labute approximate surface area is 162 Å². The fraction of sp³-hybridized carbons (Fsp3) is 0.200. The van der Waals surface area contributed by atoms with Crippen LogP contribution >= 0.6 is 0 Å². The number of carbonyl (C=O) groups excluding carboxylic acids is 1. The van der Waals surface area contributed by atoms with E-state index in [-0.39, 0.29) is 12.7 Å². The summed E-state index contributed by atoms with van der Waals surface area (Å²) >= 11 is 0. The first-order valence-electron chi connectivity index (χ1n) is 8.82. The van der Waals surface area contributed by atoms with Crippen LogP contribution < -0.4 is 20.1 Å². The van der Waals surface area contributed by atoms with E-state index in [0.717, 1.165) is 11.1 Å². The lowest BCUT2D eigenvalue weighted by atomic mass is 10.2. The summed E-state index contributed by atoms with van der Waals surface area (Å²) in [7, 11) is 0. The maximum Gasteiger partial charge on any atom is 0.270 e. The number of rotatable bonds is 6. The highest BCUT2D eigenvalue weighted by molar-refractivity contribution is 5.92. The standard InChI is InChI=1S/C20H19N5O3/c1-13-7-16(25-20(24-13)23-11-15-3-2-6-21-9-15)19(26)22-10-14-4-5-17-18(8-14)28-12-27-17/h2-9H,10-12H2,1H3,(H,22,26)(H,23,24,25). The van der Waals surface area contributed by atoms with Crippen LogP contribution in [0.3, 0.4) is 0 Å². The second kappa shape index (κ2) is 7.91. The minimum atomic E-state index is -0.271. The number of hydrogen-bond acceptors (Lipinski definition) is 7. The molecular formula is C20H19N5O3. The van der Waals surface area contributed by atoms with E-state index in [2.05, 4.69) is 25.6 Å². The molecule has 1 aliphatic rings. The van der Waals surface area contributed by atoms with Gasteiger partial charge < -0.3 is 20.1 Å². The van der Waals surface area contributed by atoms with E-state index in [1.54, 1.807) is 18.5 Å². The number of nitrogens with one attached hydrogen (secondary N) is 2. The van der Waals surface area contributed by atoms with Crippen molar-refractivity contribution in [2.45, 2.75) is 20.0 Å². The molecule has 8 nitrogen and oxygen atoms in total. The summed E-state index contributed by atoms with van der Waals surface area (Å²) in [5.74, 6) is 1.53. The zero-order chi connectivity index (χ0) is 19.3. The first-order valence-corrected chi connectivity index (χ1v) is 8.82. The lowest BCUT2D eigenvalue weighted by Gasteiger charge is -2.09. The minimum absolute atomic E-state index is 0.222. The van der Waals surface area contributed by atoms with Crippen LogP contribution in [0, 0.1) is 6.92 Å². The Balaban J connectivity index is 1.40. The molecule has 2 N–H and O–H groups in total. The summed E-state index contributed by atoms with van der Waals surface area (Å²) in [6, 6.07) is 11.1. The van der Waals surface area contributed by atoms with Gasteiger partial charge in [0.2, 0.25) is 12.7 Å². The molecular weight excluding hydrogens is 358 g/mol. The Morgan fingerprint density at radius 1 is 1.07 bits per heavy atom. The smallest absolute Gasteiger partial charge is 0.270 e. The van der Waals surface area contributed by atoms with Gasteiger partial charge in [0.15, 0.2) is 11.5 Å². The Kier molecular flexibility index (Phi) is 5.01. The van der Waals surface area contributed by atoms with Gasteiger partial charge in [-0.25, -0.2) is 9.97 Å². The van der Waals surface area contributed by atoms with Gasteiger partial charge in [0.25, 0.3) is 5.91 Å². The van der Waals surface area contributed by atoms with Crippen LogP contribution in [0.1, 0.15) is 27.3 Å². The Morgan fingerprint density at radius 2 is 1.96 bits per heavy atom. The molecule has 1 amide bonds. The van der Waals surface area contributed by atoms with Crippen LogP contribution in [-0.4, -0.2) is 27.7 Å². The normalized spacial score (nSPS) is 11.9. The number of aryl methyl sites for hydroxylation is 1. The molecule has 28 heavy (non-hydrogen) atoms. The van der Waals surface area contributed by atoms with Gasteiger partial charge in [0.05, 0.1) is 0 Å². The number of aromatic nitrogens is 3. The average Bonchev–Trinajstić information content (AvgIpc) is 3.19. The SMILES string of the molecule is Cc1cc(C(=O)NCc2ccc3c(c2)OCO3)nc(NCc2cccnc2)n1. The van der Waals surface area contributed by atoms with E-state index in [0.29, 0.717) is 41.9 Å². The van der Waals surface area contributed by atoms with Crippen molar-refractivity contribution in [1.29, 1.82) is 0 Å². The van der Waals surface area contributed by atoms with Crippen molar-refractivity contribution in [3.63, 3.8) is 0 Å². The molecule has 142 valence electrons. The molecule has 0 unspecified atom stereocenters. The highest BCUT2D eigenvalue weighted by Gasteiger charge is 2.14. The summed E-state index contributed by atoms with van der Waals surface area (Å²) in [5, 5.41) is 6.00. The minimum Gasteiger partial charge on any atom is -0.454 e. The summed E-state index contributed by atoms with van der Waals surface area (Å²) in [4.78, 5) is 25.3. The van der Waals surface area contributed by atoms with Crippen molar-refractivity contribution in [2.24, 2.45) is 0 Å². The van der Waals surface area contributed by atoms with E-state index in [9.17, 15) is 4.79 Å². The summed E-state index contributed by atoms with van der Waals surface area (Å²) in [6.45, 7) is 2.93. The Morgan fingerprint density at radius 3 is 2.82 bits per heavy atom. The highest BCUT2D eigenvalue weighted by Crippen LogP contribution is 2.32. The lowest BCUT2D eigenvalue weighted by Crippen LogP contribution is -2.24. The van der Waals surface area contributed by atoms with E-state index >= 15 is 0 Å². The van der Waals surface area contributed by atoms with Gasteiger partial charge in [-0.15, -0.1) is 0 Å². The van der Waals surface area contributed by atoms with Crippen molar-refractivity contribution in [1.82, 2.24) is 20.3 Å². The molecule has 3 heterocycles. The number of benzene rings is 1. The van der Waals surface area contributed by atoms with E-state index in [1.807, 2.05) is 37.3 Å². The first kappa shape index (κ1) is 17.7. The largest absolute Gasteiger partial charge is 0.454 e. The number of pyridine rings is 1. The van der Waals surface area contributed by atoms with Crippen LogP contribution in [0.15, 0.2) is 48.8 Å². The van der Waals surface area contributed by atoms with E-state index in [4.69, 9.17) is 9.47 Å². The summed E-state index contributed by atoms with van der Waals surface area (Å²) in [5.41, 5.74) is 2.93. The molecule has 0 fully saturated rings. The first-order chi connectivity index (χ1) is 13.7. The third-order valence-corrected chi connectivity index (χ3v) is 4.15. The number of carbonyl (C=O) groups is 1. The number of ether oxygens (including phenoxy) is 2. The molecule has 2 aromatic heterocycles. The zero-order valence-electron chi connectivity index (χ0n) is 15.3. The molecule has 3 aromatic rings. The van der Waals surface area contributed by atoms with Gasteiger partial charge in [-0.05, 0) is 42.3 Å². The Bertz CT molecular complexity index is 994. The van der Waals surface area contributed by atoms with Crippen LogP contribution in [-0.2, 0) is 13.1 Å². The quantitative estimate of drug-likeness (QED) is 0.681. The van der Waals surface area contributed by atoms with Gasteiger partial charge in [0, 0.05) is 31.2 Å². The maximum absolute atomic E-state index is 12.5. The van der Waals surface area contributed by atoms with Gasteiger partial charge >= 0.3 is 0 Å². The summed E-state index contributed by atoms with van der Waals surface area (Å²) in [6.07, 6.45) is 3.48. The molecule has 1 aromatic carbocycles. The lowest BCUT2D eigenvalue weighted by molar-refractivity contribution is 0.0945. The highest BCUT2D eigenvalue weighted by atomic mass is 16.7. The fourth-order valence-electron chi connectivity index (χ4n) is 2.77. The number of amides is 1. The third-order valence-electron chi connectivity index (χ3n) is 4.15. The van der Waals surface area contributed by atoms with E-state index in [1.165, 1.54) is 0 Å². The summed E-state index contributed by atoms with van der Waals surface area (Å²) < 4.78 is 10.6. The van der Waals surface area contributed by atoms with Crippen LogP contribution in [0.4, 0.5) is 5.95 Å². The zero-order valence-corrected chi connectivity index (χ0v) is 15.3. The molecule has 0 aliphatic carbocycles. The molecule has 1 aliphatic heterocycles. The third kappa shape index (κ3) is 4.17. The molecule has 8 heteroatoms. The second-order valence-electron chi connectivity index (χ2n) is 6.30. The monoisotopic (exact) mass is 377 g/mol. The number of nitrogens with zero attached hydrogens (tertiary/aromatic N) is 3. The molecule has 4 rings (SSSR count). The molecule has 0 saturated heterocycles. The van der Waals surface area contributed by atoms with Crippen molar-refractivity contribution in [2.75, 3.05) is 12.1 Å². The molecule has 0 saturated carbocycles. The Hall–Kier alpha value is -3.68. The topological polar surface area (TPSA) is 98.3 Å². The van der Waals surface area contributed by atoms with E-state index < -0.39 is 0 Å². The fourth-order valence-corrected chi connectivity index (χ4v) is 2.77. The molecule has 0 atom stereocenters. The predicted octanol–water partition coefficient (Wildman–Crippen LogP) is 2.45. The van der Waals surface area contributed by atoms with Gasteiger partial charge in [-0.1, -0.05) is 12.1 Å². The van der Waals surface area contributed by atoms with Gasteiger partial charge in [-0.3, -0.25) is 9.78 Å². The molecule has 0 radical (unpaired) electrons. The number of anilines is 1. The number of hydrogen-bond donors (Lipinski definition) is 2. The van der Waals surface area contributed by atoms with Crippen LogP contribution in [0.25, 0.3) is 0 Å². The van der Waals surface area contributed by atoms with Crippen molar-refractivity contribution >= 4 is 11.9 Å². The van der Waals surface area contributed by atoms with Crippen LogP contribution in [0.5, 0.6) is 11.5 Å². The molecule has 0 spiro atoms. The van der Waals surface area contributed by atoms with Crippen LogP contribution in [0.2, 0.25) is 0 Å². The number of fused-ring (bicyclic) bond motifs is 1. The molecule has 0 bridgehead atoms.